The lowest BCUT2D eigenvalue weighted by molar-refractivity contribution is -0.143. The van der Waals surface area contributed by atoms with Crippen LogP contribution in [0.2, 0.25) is 0 Å². The first-order valence-electron chi connectivity index (χ1n) is 15.7. The van der Waals surface area contributed by atoms with Crippen molar-refractivity contribution in [3.05, 3.63) is 53.8 Å². The first-order valence-corrected chi connectivity index (χ1v) is 15.7. The second-order valence-corrected chi connectivity index (χ2v) is 10.7. The molecule has 46 heavy (non-hydrogen) atoms. The summed E-state index contributed by atoms with van der Waals surface area (Å²) in [6.45, 7) is 8.35. The average Bonchev–Trinajstić information content (AvgIpc) is 3.05. The molecule has 0 aliphatic rings. The Morgan fingerprint density at radius 1 is 0.761 bits per heavy atom. The zero-order valence-corrected chi connectivity index (χ0v) is 28.7. The lowest BCUT2D eigenvalue weighted by Gasteiger charge is -2.30. The molecule has 11 nitrogen and oxygen atoms in total. The second kappa shape index (κ2) is 19.9. The van der Waals surface area contributed by atoms with Gasteiger partial charge in [-0.25, -0.2) is 0 Å². The van der Waals surface area contributed by atoms with Crippen molar-refractivity contribution in [2.45, 2.75) is 52.9 Å². The van der Waals surface area contributed by atoms with Gasteiger partial charge in [-0.05, 0) is 44.9 Å². The van der Waals surface area contributed by atoms with Crippen LogP contribution in [0.1, 0.15) is 57.6 Å². The molecule has 2 rings (SSSR count). The monoisotopic (exact) mass is 641 g/mol. The van der Waals surface area contributed by atoms with Crippen molar-refractivity contribution in [3.63, 3.8) is 0 Å². The Bertz CT molecular complexity index is 1290. The minimum Gasteiger partial charge on any atom is -0.496 e. The van der Waals surface area contributed by atoms with Crippen LogP contribution in [-0.4, -0.2) is 86.1 Å². The number of methoxy groups -OCH3 is 3. The van der Waals surface area contributed by atoms with Gasteiger partial charge in [0.1, 0.15) is 11.5 Å². The van der Waals surface area contributed by atoms with Crippen molar-refractivity contribution in [1.29, 1.82) is 0 Å². The predicted molar refractivity (Wildman–Crippen MR) is 181 cm³/mol. The summed E-state index contributed by atoms with van der Waals surface area (Å²) in [5.41, 5.74) is 4.75. The Labute approximate surface area is 274 Å². The van der Waals surface area contributed by atoms with E-state index < -0.39 is 0 Å². The summed E-state index contributed by atoms with van der Waals surface area (Å²) in [6, 6.07) is 10.1. The lowest BCUT2D eigenvalue weighted by Crippen LogP contribution is -2.29. The van der Waals surface area contributed by atoms with E-state index >= 15 is 0 Å². The molecule has 0 spiro atoms. The molecule has 0 aliphatic carbocycles. The molecule has 254 valence electrons. The maximum Gasteiger partial charge on any atom is 0.307 e. The molecular formula is C35H51N3O8. The maximum absolute atomic E-state index is 11.9. The van der Waals surface area contributed by atoms with E-state index in [1.165, 1.54) is 14.2 Å². The Morgan fingerprint density at radius 2 is 1.43 bits per heavy atom. The molecule has 0 atom stereocenters. The smallest absolute Gasteiger partial charge is 0.307 e. The number of benzene rings is 2. The third-order valence-corrected chi connectivity index (χ3v) is 7.45. The summed E-state index contributed by atoms with van der Waals surface area (Å²) in [5, 5.41) is 0. The fourth-order valence-corrected chi connectivity index (χ4v) is 5.01. The van der Waals surface area contributed by atoms with E-state index in [4.69, 9.17) is 23.7 Å². The molecule has 2 aromatic carbocycles. The van der Waals surface area contributed by atoms with Gasteiger partial charge in [-0.2, -0.15) is 0 Å². The number of nitrogens with zero attached hydrogens (tertiary/aromatic N) is 3. The van der Waals surface area contributed by atoms with Gasteiger partial charge in [-0.3, -0.25) is 14.4 Å². The summed E-state index contributed by atoms with van der Waals surface area (Å²) in [7, 11) is 8.39. The lowest BCUT2D eigenvalue weighted by atomic mass is 10.00. The van der Waals surface area contributed by atoms with Crippen LogP contribution in [-0.2, 0) is 35.0 Å². The van der Waals surface area contributed by atoms with Crippen molar-refractivity contribution in [3.8, 4) is 11.5 Å². The van der Waals surface area contributed by atoms with Crippen LogP contribution in [0, 0.1) is 0 Å². The fraction of sp³-hybridized carbons (Fsp3) is 0.514. The second-order valence-electron chi connectivity index (χ2n) is 10.7. The number of hydrogen-bond donors (Lipinski definition) is 0. The molecule has 0 unspecified atom stereocenters. The van der Waals surface area contributed by atoms with Crippen LogP contribution in [0.4, 0.5) is 17.1 Å². The van der Waals surface area contributed by atoms with Crippen LogP contribution < -0.4 is 24.2 Å². The highest BCUT2D eigenvalue weighted by molar-refractivity contribution is 5.75. The molecule has 0 bridgehead atoms. The van der Waals surface area contributed by atoms with Crippen molar-refractivity contribution in [2.75, 3.05) is 82.9 Å². The molecule has 2 aromatic rings. The minimum absolute atomic E-state index is 0.166. The number of esters is 3. The van der Waals surface area contributed by atoms with Crippen LogP contribution in [0.25, 0.3) is 0 Å². The number of anilines is 3. The van der Waals surface area contributed by atoms with Gasteiger partial charge in [0.15, 0.2) is 0 Å². The number of carbonyl (C=O) groups is 3. The van der Waals surface area contributed by atoms with E-state index in [1.807, 2.05) is 57.1 Å². The van der Waals surface area contributed by atoms with E-state index in [0.717, 1.165) is 40.5 Å². The summed E-state index contributed by atoms with van der Waals surface area (Å²) in [4.78, 5) is 42.0. The molecule has 0 radical (unpaired) electrons. The molecule has 11 heteroatoms. The number of allylic oxidation sites excluding steroid dienone is 1. The largest absolute Gasteiger partial charge is 0.496 e. The van der Waals surface area contributed by atoms with Crippen molar-refractivity contribution in [2.24, 2.45) is 0 Å². The van der Waals surface area contributed by atoms with E-state index in [0.29, 0.717) is 51.3 Å². The van der Waals surface area contributed by atoms with Crippen LogP contribution >= 0.6 is 0 Å². The zero-order chi connectivity index (χ0) is 34.1. The average molecular weight is 642 g/mol. The SMILES string of the molecule is C/C=C/Oc1cc(N(CCC(=O)OC)CCC(=O)OC)ccc1Cc1cc(N(C)C)c(N(CC)CCCC(=O)OCC)cc1OC. The molecular weight excluding hydrogens is 590 g/mol. The third-order valence-electron chi connectivity index (χ3n) is 7.45. The van der Waals surface area contributed by atoms with Gasteiger partial charge in [-0.15, -0.1) is 0 Å². The third kappa shape index (κ3) is 11.5. The molecule has 0 saturated carbocycles. The highest BCUT2D eigenvalue weighted by Gasteiger charge is 2.20. The predicted octanol–water partition coefficient (Wildman–Crippen LogP) is 5.37. The Kier molecular flexibility index (Phi) is 16.3. The highest BCUT2D eigenvalue weighted by atomic mass is 16.5. The van der Waals surface area contributed by atoms with Gasteiger partial charge < -0.3 is 38.4 Å². The Balaban J connectivity index is 2.48. The summed E-state index contributed by atoms with van der Waals surface area (Å²) in [6.07, 6.45) is 5.33. The quantitative estimate of drug-likeness (QED) is 0.106. The van der Waals surface area contributed by atoms with Crippen LogP contribution in [0.3, 0.4) is 0 Å². The molecule has 0 saturated heterocycles. The van der Waals surface area contributed by atoms with Crippen molar-refractivity contribution < 1.29 is 38.1 Å². The van der Waals surface area contributed by atoms with Crippen LogP contribution in [0.15, 0.2) is 42.7 Å². The minimum atomic E-state index is -0.335. The number of ether oxygens (including phenoxy) is 5. The number of hydrogen-bond acceptors (Lipinski definition) is 11. The van der Waals surface area contributed by atoms with Gasteiger partial charge in [-0.1, -0.05) is 12.1 Å². The highest BCUT2D eigenvalue weighted by Crippen LogP contribution is 2.38. The molecule has 0 heterocycles. The topological polar surface area (TPSA) is 107 Å². The number of carbonyl (C=O) groups excluding carboxylic acids is 3. The van der Waals surface area contributed by atoms with Gasteiger partial charge in [0.2, 0.25) is 0 Å². The summed E-state index contributed by atoms with van der Waals surface area (Å²) in [5.74, 6) is 0.527. The normalized spacial score (nSPS) is 10.8. The molecule has 0 aromatic heterocycles. The van der Waals surface area contributed by atoms with E-state index in [2.05, 4.69) is 28.9 Å². The van der Waals surface area contributed by atoms with Gasteiger partial charge >= 0.3 is 17.9 Å². The van der Waals surface area contributed by atoms with Gasteiger partial charge in [0.05, 0.1) is 58.4 Å². The first-order chi connectivity index (χ1) is 22.1. The van der Waals surface area contributed by atoms with Gasteiger partial charge in [0.25, 0.3) is 0 Å². The Morgan fingerprint density at radius 3 is 1.98 bits per heavy atom. The van der Waals surface area contributed by atoms with Crippen molar-refractivity contribution in [1.82, 2.24) is 0 Å². The van der Waals surface area contributed by atoms with E-state index in [-0.39, 0.29) is 30.7 Å². The first kappa shape index (κ1) is 37.8. The number of rotatable bonds is 20. The standard InChI is InChI=1S/C35H51N3O8/c1-9-21-46-32-24-28(38(19-16-33(39)43-7)20-17-34(40)44-8)15-14-26(32)22-27-23-29(36(4)5)30(25-31(27)42-6)37(10-2)18-12-13-35(41)45-11-3/h9,14-15,21,23-25H,10-13,16-20,22H2,1-8H3/b21-9+. The molecule has 0 N–H and O–H groups in total. The zero-order valence-electron chi connectivity index (χ0n) is 28.7. The van der Waals surface area contributed by atoms with E-state index in [1.54, 1.807) is 13.4 Å². The Hall–Kier alpha value is -4.41. The van der Waals surface area contributed by atoms with Crippen molar-refractivity contribution >= 4 is 35.0 Å². The maximum atomic E-state index is 11.9. The molecule has 0 aliphatic heterocycles. The molecule has 0 amide bonds. The summed E-state index contributed by atoms with van der Waals surface area (Å²) >= 11 is 0. The van der Waals surface area contributed by atoms with Crippen LogP contribution in [0.5, 0.6) is 11.5 Å². The van der Waals surface area contributed by atoms with Gasteiger partial charge in [0, 0.05) is 76.5 Å². The van der Waals surface area contributed by atoms with E-state index in [9.17, 15) is 14.4 Å². The fourth-order valence-electron chi connectivity index (χ4n) is 5.01. The molecule has 0 fully saturated rings. The summed E-state index contributed by atoms with van der Waals surface area (Å²) < 4.78 is 26.7.